The van der Waals surface area contributed by atoms with Crippen LogP contribution in [0, 0.1) is 13.8 Å². The SMILES string of the molecule is COc1ccc(OC)c(NC(=O)COc2c(-c3ccc(OC)c(OC)c3)oc3cc(C)c(C)cc3c2=O)c1. The molecule has 0 aliphatic carbocycles. The Hall–Kier alpha value is -4.66. The normalized spacial score (nSPS) is 10.7. The van der Waals surface area contributed by atoms with Crippen LogP contribution in [0.4, 0.5) is 5.69 Å². The summed E-state index contributed by atoms with van der Waals surface area (Å²) in [5.74, 6) is 1.51. The van der Waals surface area contributed by atoms with E-state index in [0.29, 0.717) is 45.2 Å². The first kappa shape index (κ1) is 26.4. The van der Waals surface area contributed by atoms with E-state index in [4.69, 9.17) is 28.1 Å². The van der Waals surface area contributed by atoms with Crippen molar-refractivity contribution in [1.29, 1.82) is 0 Å². The van der Waals surface area contributed by atoms with Crippen molar-refractivity contribution in [3.05, 3.63) is 69.9 Å². The van der Waals surface area contributed by atoms with Gasteiger partial charge in [0.2, 0.25) is 11.2 Å². The van der Waals surface area contributed by atoms with Crippen LogP contribution in [-0.2, 0) is 4.79 Å². The van der Waals surface area contributed by atoms with E-state index in [1.54, 1.807) is 42.5 Å². The standard InChI is InChI=1S/C29H29NO8/c1-16-11-20-24(12-17(16)2)38-28(18-7-9-23(35-5)25(13-18)36-6)29(27(20)32)37-15-26(31)30-21-14-19(33-3)8-10-22(21)34-4/h7-14H,15H2,1-6H3,(H,30,31). The third kappa shape index (κ3) is 5.22. The molecular weight excluding hydrogens is 490 g/mol. The van der Waals surface area contributed by atoms with Gasteiger partial charge in [-0.2, -0.15) is 0 Å². The molecule has 198 valence electrons. The monoisotopic (exact) mass is 519 g/mol. The molecule has 4 rings (SSSR count). The van der Waals surface area contributed by atoms with Crippen molar-refractivity contribution in [2.24, 2.45) is 0 Å². The van der Waals surface area contributed by atoms with Gasteiger partial charge >= 0.3 is 0 Å². The summed E-state index contributed by atoms with van der Waals surface area (Å²) in [6, 6.07) is 13.7. The number of aryl methyl sites for hydroxylation is 2. The van der Waals surface area contributed by atoms with Gasteiger partial charge in [-0.05, 0) is 67.4 Å². The average molecular weight is 520 g/mol. The summed E-state index contributed by atoms with van der Waals surface area (Å²) in [6.45, 7) is 3.39. The van der Waals surface area contributed by atoms with Gasteiger partial charge in [0.1, 0.15) is 17.1 Å². The van der Waals surface area contributed by atoms with E-state index >= 15 is 0 Å². The fraction of sp³-hybridized carbons (Fsp3) is 0.241. The Labute approximate surface area is 219 Å². The molecule has 0 saturated carbocycles. The molecule has 0 atom stereocenters. The molecule has 0 unspecified atom stereocenters. The highest BCUT2D eigenvalue weighted by atomic mass is 16.5. The zero-order valence-electron chi connectivity index (χ0n) is 22.1. The molecule has 38 heavy (non-hydrogen) atoms. The van der Waals surface area contributed by atoms with Crippen LogP contribution in [0.15, 0.2) is 57.7 Å². The molecule has 9 heteroatoms. The second kappa shape index (κ2) is 11.2. The highest BCUT2D eigenvalue weighted by molar-refractivity contribution is 5.94. The molecule has 0 saturated heterocycles. The average Bonchev–Trinajstić information content (AvgIpc) is 2.93. The lowest BCUT2D eigenvalue weighted by Crippen LogP contribution is -2.23. The highest BCUT2D eigenvalue weighted by Crippen LogP contribution is 2.37. The van der Waals surface area contributed by atoms with Crippen LogP contribution in [0.25, 0.3) is 22.3 Å². The van der Waals surface area contributed by atoms with Gasteiger partial charge in [-0.25, -0.2) is 0 Å². The minimum Gasteiger partial charge on any atom is -0.497 e. The lowest BCUT2D eigenvalue weighted by molar-refractivity contribution is -0.118. The molecular formula is C29H29NO8. The smallest absolute Gasteiger partial charge is 0.262 e. The number of methoxy groups -OCH3 is 4. The third-order valence-electron chi connectivity index (χ3n) is 6.14. The van der Waals surface area contributed by atoms with Gasteiger partial charge < -0.3 is 33.4 Å². The Balaban J connectivity index is 1.74. The maximum absolute atomic E-state index is 13.6. The summed E-state index contributed by atoms with van der Waals surface area (Å²) in [6.07, 6.45) is 0. The van der Waals surface area contributed by atoms with Crippen LogP contribution in [0.5, 0.6) is 28.7 Å². The van der Waals surface area contributed by atoms with Crippen LogP contribution >= 0.6 is 0 Å². The lowest BCUT2D eigenvalue weighted by Gasteiger charge is -2.15. The zero-order chi connectivity index (χ0) is 27.4. The Morgan fingerprint density at radius 2 is 1.50 bits per heavy atom. The summed E-state index contributed by atoms with van der Waals surface area (Å²) in [4.78, 5) is 26.5. The maximum Gasteiger partial charge on any atom is 0.262 e. The predicted octanol–water partition coefficient (Wildman–Crippen LogP) is 5.13. The molecule has 3 aromatic carbocycles. The molecule has 0 aliphatic rings. The first-order chi connectivity index (χ1) is 18.3. The van der Waals surface area contributed by atoms with Gasteiger partial charge in [0.05, 0.1) is 39.5 Å². The number of carbonyl (C=O) groups excluding carboxylic acids is 1. The van der Waals surface area contributed by atoms with Crippen LogP contribution in [-0.4, -0.2) is 41.0 Å². The second-order valence-electron chi connectivity index (χ2n) is 8.49. The van der Waals surface area contributed by atoms with E-state index in [-0.39, 0.29) is 11.5 Å². The largest absolute Gasteiger partial charge is 0.497 e. The number of anilines is 1. The molecule has 0 fully saturated rings. The Bertz CT molecular complexity index is 1560. The van der Waals surface area contributed by atoms with E-state index in [1.807, 2.05) is 19.9 Å². The molecule has 9 nitrogen and oxygen atoms in total. The number of nitrogens with one attached hydrogen (secondary N) is 1. The van der Waals surface area contributed by atoms with Gasteiger partial charge in [-0.3, -0.25) is 9.59 Å². The zero-order valence-corrected chi connectivity index (χ0v) is 22.1. The molecule has 0 spiro atoms. The van der Waals surface area contributed by atoms with Crippen molar-refractivity contribution in [2.45, 2.75) is 13.8 Å². The van der Waals surface area contributed by atoms with Gasteiger partial charge in [-0.15, -0.1) is 0 Å². The minimum absolute atomic E-state index is 0.0965. The lowest BCUT2D eigenvalue weighted by atomic mass is 10.0. The third-order valence-corrected chi connectivity index (χ3v) is 6.14. The van der Waals surface area contributed by atoms with E-state index in [1.165, 1.54) is 28.4 Å². The molecule has 0 radical (unpaired) electrons. The van der Waals surface area contributed by atoms with Crippen molar-refractivity contribution >= 4 is 22.6 Å². The van der Waals surface area contributed by atoms with Crippen LogP contribution in [0.2, 0.25) is 0 Å². The number of carbonyl (C=O) groups is 1. The predicted molar refractivity (Wildman–Crippen MR) is 144 cm³/mol. The Morgan fingerprint density at radius 1 is 0.816 bits per heavy atom. The van der Waals surface area contributed by atoms with Gasteiger partial charge in [-0.1, -0.05) is 0 Å². The molecule has 0 aliphatic heterocycles. The van der Waals surface area contributed by atoms with E-state index in [2.05, 4.69) is 5.32 Å². The summed E-state index contributed by atoms with van der Waals surface area (Å²) in [5.41, 5.74) is 2.82. The van der Waals surface area contributed by atoms with E-state index in [0.717, 1.165) is 11.1 Å². The molecule has 1 amide bonds. The number of fused-ring (bicyclic) bond motifs is 1. The van der Waals surface area contributed by atoms with Gasteiger partial charge in [0, 0.05) is 11.6 Å². The maximum atomic E-state index is 13.6. The highest BCUT2D eigenvalue weighted by Gasteiger charge is 2.21. The number of hydrogen-bond donors (Lipinski definition) is 1. The van der Waals surface area contributed by atoms with E-state index < -0.39 is 17.9 Å². The first-order valence-electron chi connectivity index (χ1n) is 11.7. The summed E-state index contributed by atoms with van der Waals surface area (Å²) in [7, 11) is 6.06. The van der Waals surface area contributed by atoms with Crippen molar-refractivity contribution < 1.29 is 32.9 Å². The van der Waals surface area contributed by atoms with Crippen LogP contribution in [0.1, 0.15) is 11.1 Å². The topological polar surface area (TPSA) is 105 Å². The number of amides is 1. The Morgan fingerprint density at radius 3 is 2.18 bits per heavy atom. The van der Waals surface area contributed by atoms with Gasteiger partial charge in [0.15, 0.2) is 23.9 Å². The van der Waals surface area contributed by atoms with Crippen LogP contribution < -0.4 is 34.4 Å². The molecule has 1 aromatic heterocycles. The fourth-order valence-electron chi connectivity index (χ4n) is 3.97. The van der Waals surface area contributed by atoms with Crippen molar-refractivity contribution in [1.82, 2.24) is 0 Å². The van der Waals surface area contributed by atoms with Crippen molar-refractivity contribution in [3.8, 4) is 40.1 Å². The van der Waals surface area contributed by atoms with Crippen molar-refractivity contribution in [2.75, 3.05) is 40.4 Å². The molecule has 1 heterocycles. The number of benzene rings is 3. The quantitative estimate of drug-likeness (QED) is 0.325. The summed E-state index contributed by atoms with van der Waals surface area (Å²) < 4.78 is 33.3. The fourth-order valence-corrected chi connectivity index (χ4v) is 3.97. The first-order valence-corrected chi connectivity index (χ1v) is 11.7. The van der Waals surface area contributed by atoms with E-state index in [9.17, 15) is 9.59 Å². The minimum atomic E-state index is -0.505. The molecule has 1 N–H and O–H groups in total. The second-order valence-corrected chi connectivity index (χ2v) is 8.49. The Kier molecular flexibility index (Phi) is 7.76. The van der Waals surface area contributed by atoms with Crippen molar-refractivity contribution in [3.63, 3.8) is 0 Å². The molecule has 4 aromatic rings. The number of hydrogen-bond acceptors (Lipinski definition) is 8. The number of rotatable bonds is 9. The van der Waals surface area contributed by atoms with Crippen LogP contribution in [0.3, 0.4) is 0 Å². The molecule has 0 bridgehead atoms. The van der Waals surface area contributed by atoms with Gasteiger partial charge in [0.25, 0.3) is 5.91 Å². The number of ether oxygens (including phenoxy) is 5. The summed E-state index contributed by atoms with van der Waals surface area (Å²) in [5, 5.41) is 3.08. The summed E-state index contributed by atoms with van der Waals surface area (Å²) >= 11 is 0.